The maximum atomic E-state index is 13.9. The quantitative estimate of drug-likeness (QED) is 0.449. The first kappa shape index (κ1) is 21.6. The number of pyridine rings is 1. The van der Waals surface area contributed by atoms with Crippen molar-refractivity contribution < 1.29 is 23.4 Å². The van der Waals surface area contributed by atoms with Crippen molar-refractivity contribution in [3.8, 4) is 16.6 Å². The molecular formula is C19H12ClF2N5O4S. The molecule has 0 radical (unpaired) electrons. The highest BCUT2D eigenvalue weighted by atomic mass is 35.5. The summed E-state index contributed by atoms with van der Waals surface area (Å²) >= 11 is 7.03. The van der Waals surface area contributed by atoms with Gasteiger partial charge in [0.05, 0.1) is 24.1 Å². The molecule has 0 spiro atoms. The average molecular weight is 480 g/mol. The molecule has 0 aliphatic carbocycles. The van der Waals surface area contributed by atoms with Gasteiger partial charge in [0, 0.05) is 5.56 Å². The maximum Gasteiger partial charge on any atom is 0.365 e. The Bertz CT molecular complexity index is 1380. The molecule has 0 aliphatic rings. The fraction of sp³-hybridized carbons (Fsp3) is 0.105. The number of thiazole rings is 1. The van der Waals surface area contributed by atoms with Gasteiger partial charge in [-0.15, -0.1) is 0 Å². The molecule has 9 nitrogen and oxygen atoms in total. The van der Waals surface area contributed by atoms with Crippen LogP contribution in [0.4, 0.5) is 8.78 Å². The lowest BCUT2D eigenvalue weighted by molar-refractivity contribution is 0.0696. The zero-order valence-electron chi connectivity index (χ0n) is 16.1. The van der Waals surface area contributed by atoms with Crippen molar-refractivity contribution in [3.05, 3.63) is 80.2 Å². The molecule has 3 heterocycles. The lowest BCUT2D eigenvalue weighted by Gasteiger charge is -2.07. The molecule has 164 valence electrons. The summed E-state index contributed by atoms with van der Waals surface area (Å²) in [5.41, 5.74) is -0.393. The number of halogens is 3. The van der Waals surface area contributed by atoms with Gasteiger partial charge in [-0.3, -0.25) is 4.57 Å². The van der Waals surface area contributed by atoms with Crippen LogP contribution in [0.5, 0.6) is 10.9 Å². The molecule has 13 heteroatoms. The number of aromatic nitrogens is 5. The summed E-state index contributed by atoms with van der Waals surface area (Å²) in [7, 11) is 0. The summed E-state index contributed by atoms with van der Waals surface area (Å²) in [6.07, 6.45) is 2.40. The predicted octanol–water partition coefficient (Wildman–Crippen LogP) is 3.66. The molecule has 0 saturated heterocycles. The van der Waals surface area contributed by atoms with Gasteiger partial charge in [0.15, 0.2) is 0 Å². The van der Waals surface area contributed by atoms with Crippen LogP contribution in [0.25, 0.3) is 5.69 Å². The van der Waals surface area contributed by atoms with Gasteiger partial charge in [-0.25, -0.2) is 28.3 Å². The molecule has 0 unspecified atom stereocenters. The van der Waals surface area contributed by atoms with Gasteiger partial charge >= 0.3 is 11.7 Å². The predicted molar refractivity (Wildman–Crippen MR) is 110 cm³/mol. The smallest absolute Gasteiger partial charge is 0.365 e. The number of hydrogen-bond acceptors (Lipinski definition) is 7. The molecule has 0 amide bonds. The van der Waals surface area contributed by atoms with E-state index >= 15 is 0 Å². The first-order chi connectivity index (χ1) is 15.2. The number of aromatic carboxylic acids is 1. The van der Waals surface area contributed by atoms with Crippen LogP contribution in [0.3, 0.4) is 0 Å². The van der Waals surface area contributed by atoms with E-state index in [-0.39, 0.29) is 38.8 Å². The van der Waals surface area contributed by atoms with E-state index in [2.05, 4.69) is 15.1 Å². The van der Waals surface area contributed by atoms with Gasteiger partial charge in [0.1, 0.15) is 23.0 Å². The summed E-state index contributed by atoms with van der Waals surface area (Å²) in [5, 5.41) is 13.1. The lowest BCUT2D eigenvalue weighted by Crippen LogP contribution is -2.24. The first-order valence-corrected chi connectivity index (χ1v) is 10.1. The molecule has 0 aliphatic heterocycles. The number of carboxylic acid groups (broad SMARTS) is 1. The topological polar surface area (TPSA) is 112 Å². The molecule has 0 saturated carbocycles. The van der Waals surface area contributed by atoms with Gasteiger partial charge in [-0.1, -0.05) is 29.0 Å². The van der Waals surface area contributed by atoms with Crippen molar-refractivity contribution >= 4 is 28.9 Å². The van der Waals surface area contributed by atoms with E-state index in [1.165, 1.54) is 18.3 Å². The van der Waals surface area contributed by atoms with E-state index in [1.54, 1.807) is 6.92 Å². The second-order valence-electron chi connectivity index (χ2n) is 6.43. The Morgan fingerprint density at radius 2 is 2.03 bits per heavy atom. The van der Waals surface area contributed by atoms with Crippen LogP contribution >= 0.6 is 22.9 Å². The summed E-state index contributed by atoms with van der Waals surface area (Å²) in [4.78, 5) is 31.6. The Morgan fingerprint density at radius 1 is 1.31 bits per heavy atom. The highest BCUT2D eigenvalue weighted by Gasteiger charge is 2.18. The lowest BCUT2D eigenvalue weighted by atomic mass is 10.2. The molecule has 4 aromatic rings. The molecule has 32 heavy (non-hydrogen) atoms. The fourth-order valence-corrected chi connectivity index (χ4v) is 3.69. The van der Waals surface area contributed by atoms with Crippen molar-refractivity contribution in [2.24, 2.45) is 0 Å². The van der Waals surface area contributed by atoms with Gasteiger partial charge in [0.2, 0.25) is 16.0 Å². The van der Waals surface area contributed by atoms with Gasteiger partial charge in [-0.05, 0) is 25.1 Å². The average Bonchev–Trinajstić information content (AvgIpc) is 3.29. The number of carboxylic acids is 1. The van der Waals surface area contributed by atoms with Gasteiger partial charge in [-0.2, -0.15) is 9.78 Å². The van der Waals surface area contributed by atoms with Crippen LogP contribution in [0, 0.1) is 18.6 Å². The van der Waals surface area contributed by atoms with E-state index in [9.17, 15) is 18.4 Å². The standard InChI is InChI=1S/C19H12ClF2N5O4S/c1-9-18(32-16(25-9)17(28)29)31-15-12(20)5-10(6-23-15)27-19(30)26(8-24-27)7-11-13(21)3-2-4-14(11)22/h2-6,8H,7H2,1H3,(H,28,29). The van der Waals surface area contributed by atoms with Crippen LogP contribution in [-0.4, -0.2) is 35.4 Å². The van der Waals surface area contributed by atoms with Crippen molar-refractivity contribution in [3.63, 3.8) is 0 Å². The van der Waals surface area contributed by atoms with Crippen molar-refractivity contribution in [2.45, 2.75) is 13.5 Å². The molecule has 1 N–H and O–H groups in total. The summed E-state index contributed by atoms with van der Waals surface area (Å²) in [6, 6.07) is 4.79. The summed E-state index contributed by atoms with van der Waals surface area (Å²) in [5.74, 6) is -2.77. The molecule has 1 aromatic carbocycles. The molecule has 0 atom stereocenters. The zero-order valence-corrected chi connectivity index (χ0v) is 17.7. The number of ether oxygens (including phenoxy) is 1. The molecule has 0 bridgehead atoms. The number of benzene rings is 1. The van der Waals surface area contributed by atoms with Crippen molar-refractivity contribution in [2.75, 3.05) is 0 Å². The first-order valence-electron chi connectivity index (χ1n) is 8.86. The molecule has 3 aromatic heterocycles. The normalized spacial score (nSPS) is 11.0. The van der Waals surface area contributed by atoms with Crippen LogP contribution in [0.1, 0.15) is 21.1 Å². The Balaban J connectivity index is 1.60. The highest BCUT2D eigenvalue weighted by Crippen LogP contribution is 2.34. The second-order valence-corrected chi connectivity index (χ2v) is 7.80. The molecule has 0 fully saturated rings. The SMILES string of the molecule is Cc1nc(C(=O)O)sc1Oc1ncc(-n2ncn(Cc3c(F)cccc3F)c2=O)cc1Cl. The number of rotatable bonds is 6. The van der Waals surface area contributed by atoms with E-state index < -0.39 is 23.3 Å². The van der Waals surface area contributed by atoms with Crippen molar-refractivity contribution in [1.82, 2.24) is 24.3 Å². The Hall–Kier alpha value is -3.64. The second kappa shape index (κ2) is 8.48. The minimum Gasteiger partial charge on any atom is -0.476 e. The van der Waals surface area contributed by atoms with Crippen LogP contribution < -0.4 is 10.4 Å². The minimum absolute atomic E-state index is 0.0220. The summed E-state index contributed by atoms with van der Waals surface area (Å²) < 4.78 is 35.3. The molecular weight excluding hydrogens is 468 g/mol. The van der Waals surface area contributed by atoms with E-state index in [0.717, 1.165) is 39.0 Å². The van der Waals surface area contributed by atoms with Gasteiger partial charge in [0.25, 0.3) is 0 Å². The van der Waals surface area contributed by atoms with Crippen LogP contribution in [0.2, 0.25) is 5.02 Å². The van der Waals surface area contributed by atoms with E-state index in [0.29, 0.717) is 5.69 Å². The zero-order chi connectivity index (χ0) is 23.0. The maximum absolute atomic E-state index is 13.9. The van der Waals surface area contributed by atoms with Crippen LogP contribution in [-0.2, 0) is 6.54 Å². The Morgan fingerprint density at radius 3 is 2.66 bits per heavy atom. The fourth-order valence-electron chi connectivity index (χ4n) is 2.74. The largest absolute Gasteiger partial charge is 0.476 e. The third-order valence-electron chi connectivity index (χ3n) is 4.29. The Kier molecular flexibility index (Phi) is 5.72. The van der Waals surface area contributed by atoms with E-state index in [1.807, 2.05) is 0 Å². The van der Waals surface area contributed by atoms with E-state index in [4.69, 9.17) is 21.4 Å². The minimum atomic E-state index is -1.19. The molecule has 4 rings (SSSR count). The number of hydrogen-bond donors (Lipinski definition) is 1. The van der Waals surface area contributed by atoms with Crippen molar-refractivity contribution in [1.29, 1.82) is 0 Å². The Labute approximate surface area is 187 Å². The highest BCUT2D eigenvalue weighted by molar-refractivity contribution is 7.15. The number of carbonyl (C=O) groups is 1. The third kappa shape index (κ3) is 4.09. The van der Waals surface area contributed by atoms with Crippen LogP contribution in [0.15, 0.2) is 41.6 Å². The monoisotopic (exact) mass is 479 g/mol. The number of aryl methyl sites for hydroxylation is 1. The van der Waals surface area contributed by atoms with Gasteiger partial charge < -0.3 is 9.84 Å². The number of nitrogens with zero attached hydrogens (tertiary/aromatic N) is 5. The third-order valence-corrected chi connectivity index (χ3v) is 5.58. The summed E-state index contributed by atoms with van der Waals surface area (Å²) in [6.45, 7) is 1.22.